The molecule has 0 aliphatic carbocycles. The highest BCUT2D eigenvalue weighted by Gasteiger charge is 2.21. The Morgan fingerprint density at radius 2 is 1.94 bits per heavy atom. The molecule has 0 aliphatic rings. The fraction of sp³-hybridized carbons (Fsp3) is 0.615. The van der Waals surface area contributed by atoms with Crippen LogP contribution in [-0.2, 0) is 11.2 Å². The lowest BCUT2D eigenvalue weighted by Gasteiger charge is -2.16. The van der Waals surface area contributed by atoms with Gasteiger partial charge in [-0.3, -0.25) is 4.79 Å². The Balaban J connectivity index is 2.83. The summed E-state index contributed by atoms with van der Waals surface area (Å²) >= 11 is 0. The average Bonchev–Trinajstić information content (AvgIpc) is 2.16. The first kappa shape index (κ1) is 12.8. The van der Waals surface area contributed by atoms with Crippen LogP contribution >= 0.6 is 0 Å². The van der Waals surface area contributed by atoms with E-state index >= 15 is 0 Å². The molecule has 0 radical (unpaired) electrons. The van der Waals surface area contributed by atoms with Crippen molar-refractivity contribution in [3.8, 4) is 0 Å². The monoisotopic (exact) mass is 220 g/mol. The lowest BCUT2D eigenvalue weighted by Crippen LogP contribution is -2.22. The van der Waals surface area contributed by atoms with Crippen LogP contribution in [0.2, 0.25) is 0 Å². The Bertz CT molecular complexity index is 378. The van der Waals surface area contributed by atoms with Crippen molar-refractivity contribution in [1.29, 1.82) is 0 Å². The van der Waals surface area contributed by atoms with Gasteiger partial charge in [-0.1, -0.05) is 34.6 Å². The molecule has 3 heteroatoms. The van der Waals surface area contributed by atoms with Gasteiger partial charge in [-0.2, -0.15) is 0 Å². The second kappa shape index (κ2) is 4.73. The van der Waals surface area contributed by atoms with Crippen molar-refractivity contribution in [2.75, 3.05) is 0 Å². The third-order valence-electron chi connectivity index (χ3n) is 2.51. The highest BCUT2D eigenvalue weighted by atomic mass is 16.1. The van der Waals surface area contributed by atoms with E-state index in [1.54, 1.807) is 6.33 Å². The van der Waals surface area contributed by atoms with E-state index in [0.29, 0.717) is 12.3 Å². The van der Waals surface area contributed by atoms with Crippen molar-refractivity contribution < 1.29 is 4.79 Å². The second-order valence-corrected chi connectivity index (χ2v) is 5.44. The number of hydrogen-bond acceptors (Lipinski definition) is 3. The van der Waals surface area contributed by atoms with Crippen LogP contribution in [0, 0.1) is 5.41 Å². The van der Waals surface area contributed by atoms with Gasteiger partial charge < -0.3 is 0 Å². The molecule has 0 aromatic carbocycles. The molecule has 0 saturated carbocycles. The molecule has 0 fully saturated rings. The van der Waals surface area contributed by atoms with Crippen LogP contribution in [0.15, 0.2) is 12.4 Å². The number of Topliss-reactive ketones (excluding diaryl/α,β-unsaturated/α-hetero) is 1. The summed E-state index contributed by atoms with van der Waals surface area (Å²) in [5.74, 6) is 0.576. The van der Waals surface area contributed by atoms with Crippen LogP contribution in [0.1, 0.15) is 51.9 Å². The fourth-order valence-corrected chi connectivity index (χ4v) is 1.26. The third-order valence-corrected chi connectivity index (χ3v) is 2.51. The number of ketones is 1. The number of hydrogen-bond donors (Lipinski definition) is 0. The number of aromatic nitrogens is 2. The van der Waals surface area contributed by atoms with Crippen molar-refractivity contribution in [3.63, 3.8) is 0 Å². The lowest BCUT2D eigenvalue weighted by atomic mass is 9.88. The van der Waals surface area contributed by atoms with E-state index in [0.717, 1.165) is 11.4 Å². The van der Waals surface area contributed by atoms with E-state index in [9.17, 15) is 4.79 Å². The molecular formula is C13H20N2O. The molecule has 1 aromatic rings. The van der Waals surface area contributed by atoms with Crippen LogP contribution in [0.5, 0.6) is 0 Å². The van der Waals surface area contributed by atoms with E-state index in [-0.39, 0.29) is 11.2 Å². The van der Waals surface area contributed by atoms with Gasteiger partial charge in [0.05, 0.1) is 5.69 Å². The van der Waals surface area contributed by atoms with Gasteiger partial charge in [0.25, 0.3) is 0 Å². The van der Waals surface area contributed by atoms with Gasteiger partial charge in [0.1, 0.15) is 12.1 Å². The summed E-state index contributed by atoms with van der Waals surface area (Å²) in [6.45, 7) is 9.95. The minimum Gasteiger partial charge on any atom is -0.299 e. The van der Waals surface area contributed by atoms with Crippen molar-refractivity contribution in [2.24, 2.45) is 5.41 Å². The van der Waals surface area contributed by atoms with Gasteiger partial charge in [0.2, 0.25) is 0 Å². The molecule has 1 rings (SSSR count). The first-order valence-corrected chi connectivity index (χ1v) is 5.65. The highest BCUT2D eigenvalue weighted by Crippen LogP contribution is 2.18. The minimum atomic E-state index is -0.303. The van der Waals surface area contributed by atoms with E-state index in [1.165, 1.54) is 0 Å². The maximum atomic E-state index is 11.9. The predicted octanol–water partition coefficient (Wildman–Crippen LogP) is 2.76. The van der Waals surface area contributed by atoms with Gasteiger partial charge in [-0.25, -0.2) is 9.97 Å². The molecule has 3 nitrogen and oxygen atoms in total. The Morgan fingerprint density at radius 3 is 2.44 bits per heavy atom. The SMILES string of the molecule is CC(C)c1cc(CC(=O)C(C)(C)C)ncn1. The minimum absolute atomic E-state index is 0.209. The molecule has 16 heavy (non-hydrogen) atoms. The number of rotatable bonds is 3. The Hall–Kier alpha value is -1.25. The normalized spacial score (nSPS) is 11.9. The van der Waals surface area contributed by atoms with E-state index < -0.39 is 0 Å². The molecule has 0 N–H and O–H groups in total. The lowest BCUT2D eigenvalue weighted by molar-refractivity contribution is -0.125. The molecule has 0 unspecified atom stereocenters. The van der Waals surface area contributed by atoms with Crippen LogP contribution in [0.4, 0.5) is 0 Å². The van der Waals surface area contributed by atoms with Gasteiger partial charge in [-0.15, -0.1) is 0 Å². The van der Waals surface area contributed by atoms with E-state index in [4.69, 9.17) is 0 Å². The number of nitrogens with zero attached hydrogens (tertiary/aromatic N) is 2. The van der Waals surface area contributed by atoms with Crippen LogP contribution < -0.4 is 0 Å². The molecule has 1 heterocycles. The zero-order valence-electron chi connectivity index (χ0n) is 10.7. The van der Waals surface area contributed by atoms with Crippen molar-refractivity contribution in [1.82, 2.24) is 9.97 Å². The number of carbonyl (C=O) groups is 1. The summed E-state index contributed by atoms with van der Waals surface area (Å²) in [6.07, 6.45) is 1.94. The van der Waals surface area contributed by atoms with Crippen molar-refractivity contribution >= 4 is 5.78 Å². The second-order valence-electron chi connectivity index (χ2n) is 5.44. The van der Waals surface area contributed by atoms with Gasteiger partial charge in [0, 0.05) is 17.5 Å². The molecule has 1 aromatic heterocycles. The van der Waals surface area contributed by atoms with Crippen molar-refractivity contribution in [3.05, 3.63) is 23.8 Å². The van der Waals surface area contributed by atoms with Crippen LogP contribution in [0.25, 0.3) is 0 Å². The summed E-state index contributed by atoms with van der Waals surface area (Å²) in [5, 5.41) is 0. The summed E-state index contributed by atoms with van der Waals surface area (Å²) in [4.78, 5) is 20.2. The first-order chi connectivity index (χ1) is 7.30. The molecule has 0 atom stereocenters. The van der Waals surface area contributed by atoms with E-state index in [1.807, 2.05) is 26.8 Å². The Morgan fingerprint density at radius 1 is 1.31 bits per heavy atom. The molecule has 0 bridgehead atoms. The van der Waals surface area contributed by atoms with Crippen LogP contribution in [0.3, 0.4) is 0 Å². The van der Waals surface area contributed by atoms with E-state index in [2.05, 4.69) is 23.8 Å². The molecule has 0 amide bonds. The maximum absolute atomic E-state index is 11.9. The zero-order valence-corrected chi connectivity index (χ0v) is 10.7. The van der Waals surface area contributed by atoms with Crippen molar-refractivity contribution in [2.45, 2.75) is 47.0 Å². The maximum Gasteiger partial charge on any atom is 0.144 e. The van der Waals surface area contributed by atoms with Crippen LogP contribution in [-0.4, -0.2) is 15.8 Å². The smallest absolute Gasteiger partial charge is 0.144 e. The van der Waals surface area contributed by atoms with Gasteiger partial charge in [-0.05, 0) is 12.0 Å². The first-order valence-electron chi connectivity index (χ1n) is 5.65. The summed E-state index contributed by atoms with van der Waals surface area (Å²) in [7, 11) is 0. The highest BCUT2D eigenvalue weighted by molar-refractivity contribution is 5.85. The predicted molar refractivity (Wildman–Crippen MR) is 64.3 cm³/mol. The molecular weight excluding hydrogens is 200 g/mol. The largest absolute Gasteiger partial charge is 0.299 e. The third kappa shape index (κ3) is 3.40. The molecule has 88 valence electrons. The molecule has 0 aliphatic heterocycles. The van der Waals surface area contributed by atoms with Gasteiger partial charge >= 0.3 is 0 Å². The average molecular weight is 220 g/mol. The number of carbonyl (C=O) groups excluding carboxylic acids is 1. The van der Waals surface area contributed by atoms with Gasteiger partial charge in [0.15, 0.2) is 0 Å². The Kier molecular flexibility index (Phi) is 3.79. The Labute approximate surface area is 97.3 Å². The summed E-state index contributed by atoms with van der Waals surface area (Å²) in [6, 6.07) is 1.92. The standard InChI is InChI=1S/C13H20N2O/c1-9(2)11-6-10(14-8-15-11)7-12(16)13(3,4)5/h6,8-9H,7H2,1-5H3. The summed E-state index contributed by atoms with van der Waals surface area (Å²) in [5.41, 5.74) is 1.51. The summed E-state index contributed by atoms with van der Waals surface area (Å²) < 4.78 is 0. The topological polar surface area (TPSA) is 42.9 Å². The molecule has 0 saturated heterocycles. The zero-order chi connectivity index (χ0) is 12.3. The molecule has 0 spiro atoms. The quantitative estimate of drug-likeness (QED) is 0.786. The fourth-order valence-electron chi connectivity index (χ4n) is 1.26.